The molecule has 3 aromatic rings. The zero-order chi connectivity index (χ0) is 19.9. The van der Waals surface area contributed by atoms with Gasteiger partial charge in [-0.3, -0.25) is 9.39 Å². The Hall–Kier alpha value is -3.03. The van der Waals surface area contributed by atoms with Crippen LogP contribution in [0.15, 0.2) is 47.6 Å². The van der Waals surface area contributed by atoms with Gasteiger partial charge in [-0.15, -0.1) is 10.2 Å². The van der Waals surface area contributed by atoms with Crippen molar-refractivity contribution in [3.63, 3.8) is 0 Å². The van der Waals surface area contributed by atoms with Crippen molar-refractivity contribution in [1.29, 1.82) is 0 Å². The highest BCUT2D eigenvalue weighted by Gasteiger charge is 2.11. The average Bonchev–Trinajstić information content (AvgIpc) is 3.10. The molecule has 0 spiro atoms. The maximum atomic E-state index is 13.5. The van der Waals surface area contributed by atoms with Crippen LogP contribution in [0.25, 0.3) is 5.65 Å². The highest BCUT2D eigenvalue weighted by Crippen LogP contribution is 2.15. The summed E-state index contributed by atoms with van der Waals surface area (Å²) < 4.78 is 28.6. The molecule has 6 nitrogen and oxygen atoms in total. The molecule has 0 aliphatic rings. The molecule has 0 aliphatic carbocycles. The van der Waals surface area contributed by atoms with Gasteiger partial charge in [-0.25, -0.2) is 8.78 Å². The summed E-state index contributed by atoms with van der Waals surface area (Å²) in [5.41, 5.74) is 1.48. The van der Waals surface area contributed by atoms with Gasteiger partial charge in [0.2, 0.25) is 0 Å². The molecule has 0 amide bonds. The van der Waals surface area contributed by atoms with Crippen molar-refractivity contribution in [3.8, 4) is 0 Å². The van der Waals surface area contributed by atoms with Crippen molar-refractivity contribution < 1.29 is 8.78 Å². The summed E-state index contributed by atoms with van der Waals surface area (Å²) in [7, 11) is 0. The Kier molecular flexibility index (Phi) is 6.52. The summed E-state index contributed by atoms with van der Waals surface area (Å²) in [5.74, 6) is -0.170. The fourth-order valence-electron chi connectivity index (χ4n) is 2.88. The Labute approximate surface area is 162 Å². The van der Waals surface area contributed by atoms with Crippen LogP contribution in [0.1, 0.15) is 37.7 Å². The summed E-state index contributed by atoms with van der Waals surface area (Å²) in [4.78, 5) is 4.57. The minimum atomic E-state index is -0.853. The number of rotatable bonds is 7. The summed E-state index contributed by atoms with van der Waals surface area (Å²) in [6.45, 7) is 5.15. The van der Waals surface area contributed by atoms with Gasteiger partial charge in [0.05, 0.1) is 6.04 Å². The first-order valence-corrected chi connectivity index (χ1v) is 9.37. The van der Waals surface area contributed by atoms with E-state index in [1.54, 1.807) is 6.07 Å². The standard InChI is InChI=1S/C20H24F2N6/c1-3-23-20(25-14(2)15-9-10-16(21)17(22)13-15)24-11-6-8-19-27-26-18-7-4-5-12-28(18)19/h4-5,7,9-10,12-14H,3,6,8,11H2,1-2H3,(H2,23,24,25). The Bertz CT molecular complexity index is 953. The van der Waals surface area contributed by atoms with Gasteiger partial charge in [0.15, 0.2) is 23.2 Å². The van der Waals surface area contributed by atoms with Gasteiger partial charge < -0.3 is 10.6 Å². The van der Waals surface area contributed by atoms with E-state index in [4.69, 9.17) is 0 Å². The number of nitrogens with one attached hydrogen (secondary N) is 2. The monoisotopic (exact) mass is 386 g/mol. The topological polar surface area (TPSA) is 66.6 Å². The van der Waals surface area contributed by atoms with Crippen molar-refractivity contribution in [2.24, 2.45) is 4.99 Å². The molecule has 1 aromatic carbocycles. The van der Waals surface area contributed by atoms with Crippen LogP contribution in [0.4, 0.5) is 8.78 Å². The first-order chi connectivity index (χ1) is 13.6. The van der Waals surface area contributed by atoms with E-state index in [2.05, 4.69) is 25.8 Å². The molecule has 0 bridgehead atoms. The van der Waals surface area contributed by atoms with Gasteiger partial charge in [-0.05, 0) is 50.1 Å². The van der Waals surface area contributed by atoms with Crippen LogP contribution in [-0.4, -0.2) is 33.6 Å². The number of fused-ring (bicyclic) bond motifs is 1. The predicted molar refractivity (Wildman–Crippen MR) is 105 cm³/mol. The second-order valence-electron chi connectivity index (χ2n) is 6.45. The van der Waals surface area contributed by atoms with Crippen LogP contribution in [0.5, 0.6) is 0 Å². The summed E-state index contributed by atoms with van der Waals surface area (Å²) in [5, 5.41) is 14.8. The van der Waals surface area contributed by atoms with Crippen LogP contribution >= 0.6 is 0 Å². The van der Waals surface area contributed by atoms with Crippen molar-refractivity contribution in [1.82, 2.24) is 25.2 Å². The molecule has 2 aromatic heterocycles. The molecule has 2 heterocycles. The maximum absolute atomic E-state index is 13.5. The van der Waals surface area contributed by atoms with Crippen LogP contribution < -0.4 is 10.6 Å². The van der Waals surface area contributed by atoms with E-state index >= 15 is 0 Å². The highest BCUT2D eigenvalue weighted by molar-refractivity contribution is 5.80. The number of guanidine groups is 1. The summed E-state index contributed by atoms with van der Waals surface area (Å²) >= 11 is 0. The van der Waals surface area contributed by atoms with Crippen LogP contribution in [0, 0.1) is 11.6 Å². The summed E-state index contributed by atoms with van der Waals surface area (Å²) in [6, 6.07) is 9.49. The van der Waals surface area contributed by atoms with Crippen LogP contribution in [0.2, 0.25) is 0 Å². The zero-order valence-corrected chi connectivity index (χ0v) is 16.0. The van der Waals surface area contributed by atoms with Gasteiger partial charge in [-0.2, -0.15) is 0 Å². The third-order valence-corrected chi connectivity index (χ3v) is 4.35. The molecule has 1 unspecified atom stereocenters. The predicted octanol–water partition coefficient (Wildman–Crippen LogP) is 3.26. The molecule has 28 heavy (non-hydrogen) atoms. The molecular formula is C20H24F2N6. The van der Waals surface area contributed by atoms with Gasteiger partial charge in [0.1, 0.15) is 5.82 Å². The first kappa shape index (κ1) is 19.7. The Morgan fingerprint density at radius 1 is 1.18 bits per heavy atom. The van der Waals surface area contributed by atoms with E-state index in [1.807, 2.05) is 42.6 Å². The Morgan fingerprint density at radius 3 is 2.82 bits per heavy atom. The summed E-state index contributed by atoms with van der Waals surface area (Å²) in [6.07, 6.45) is 3.52. The van der Waals surface area contributed by atoms with E-state index < -0.39 is 11.6 Å². The lowest BCUT2D eigenvalue weighted by Gasteiger charge is -2.18. The molecule has 0 saturated carbocycles. The Morgan fingerprint density at radius 2 is 2.04 bits per heavy atom. The lowest BCUT2D eigenvalue weighted by atomic mass is 10.1. The molecule has 8 heteroatoms. The minimum Gasteiger partial charge on any atom is -0.357 e. The number of nitrogens with zero attached hydrogens (tertiary/aromatic N) is 4. The van der Waals surface area contributed by atoms with Crippen LogP contribution in [-0.2, 0) is 6.42 Å². The molecule has 0 fully saturated rings. The highest BCUT2D eigenvalue weighted by atomic mass is 19.2. The van der Waals surface area contributed by atoms with E-state index in [0.717, 1.165) is 30.4 Å². The number of hydrogen-bond donors (Lipinski definition) is 2. The van der Waals surface area contributed by atoms with E-state index in [1.165, 1.54) is 6.07 Å². The molecule has 0 aliphatic heterocycles. The lowest BCUT2D eigenvalue weighted by molar-refractivity contribution is 0.504. The van der Waals surface area contributed by atoms with Crippen LogP contribution in [0.3, 0.4) is 0 Å². The zero-order valence-electron chi connectivity index (χ0n) is 16.0. The number of aliphatic imine (C=N–C) groups is 1. The smallest absolute Gasteiger partial charge is 0.191 e. The second kappa shape index (κ2) is 9.25. The number of benzene rings is 1. The SMILES string of the molecule is CCNC(=NCCCc1nnc2ccccn12)NC(C)c1ccc(F)c(F)c1. The number of hydrogen-bond acceptors (Lipinski definition) is 3. The van der Waals surface area contributed by atoms with E-state index in [0.29, 0.717) is 24.6 Å². The number of halogens is 2. The van der Waals surface area contributed by atoms with Crippen molar-refractivity contribution >= 4 is 11.6 Å². The molecule has 1 atom stereocenters. The molecule has 0 radical (unpaired) electrons. The van der Waals surface area contributed by atoms with Crippen molar-refractivity contribution in [2.75, 3.05) is 13.1 Å². The largest absolute Gasteiger partial charge is 0.357 e. The normalized spacial score (nSPS) is 12.9. The quantitative estimate of drug-likeness (QED) is 0.372. The van der Waals surface area contributed by atoms with E-state index in [-0.39, 0.29) is 6.04 Å². The fraction of sp³-hybridized carbons (Fsp3) is 0.350. The third kappa shape index (κ3) is 4.82. The molecule has 0 saturated heterocycles. The molecule has 148 valence electrons. The molecular weight excluding hydrogens is 362 g/mol. The molecule has 2 N–H and O–H groups in total. The average molecular weight is 386 g/mol. The van der Waals surface area contributed by atoms with E-state index in [9.17, 15) is 8.78 Å². The van der Waals surface area contributed by atoms with Gasteiger partial charge in [0, 0.05) is 25.7 Å². The number of aryl methyl sites for hydroxylation is 1. The van der Waals surface area contributed by atoms with Crippen molar-refractivity contribution in [3.05, 3.63) is 65.6 Å². The third-order valence-electron chi connectivity index (χ3n) is 4.35. The van der Waals surface area contributed by atoms with Gasteiger partial charge >= 0.3 is 0 Å². The minimum absolute atomic E-state index is 0.215. The van der Waals surface area contributed by atoms with Crippen molar-refractivity contribution in [2.45, 2.75) is 32.7 Å². The first-order valence-electron chi connectivity index (χ1n) is 9.37. The number of aromatic nitrogens is 3. The number of pyridine rings is 1. The Balaban J connectivity index is 1.58. The van der Waals surface area contributed by atoms with Gasteiger partial charge in [0.25, 0.3) is 0 Å². The fourth-order valence-corrected chi connectivity index (χ4v) is 2.88. The molecule has 3 rings (SSSR count). The second-order valence-corrected chi connectivity index (χ2v) is 6.45. The van der Waals surface area contributed by atoms with Gasteiger partial charge in [-0.1, -0.05) is 12.1 Å². The maximum Gasteiger partial charge on any atom is 0.191 e. The lowest BCUT2D eigenvalue weighted by Crippen LogP contribution is -2.38.